The number of carbonyl (C=O) groups is 3. The van der Waals surface area contributed by atoms with Crippen LogP contribution in [0.25, 0.3) is 0 Å². The molecule has 1 N–H and O–H groups in total. The Kier molecular flexibility index (Phi) is 12.6. The molecule has 1 heterocycles. The first-order chi connectivity index (χ1) is 15.3. The van der Waals surface area contributed by atoms with Crippen molar-refractivity contribution in [2.45, 2.75) is 121 Å². The van der Waals surface area contributed by atoms with Crippen LogP contribution in [0.15, 0.2) is 0 Å². The van der Waals surface area contributed by atoms with Crippen LogP contribution in [0.3, 0.4) is 0 Å². The van der Waals surface area contributed by atoms with E-state index in [0.717, 1.165) is 32.1 Å². The fraction of sp³-hybridized carbons (Fsp3) is 0.875. The highest BCUT2D eigenvalue weighted by molar-refractivity contribution is 8.00. The Balaban J connectivity index is 2.88. The van der Waals surface area contributed by atoms with Crippen LogP contribution in [0.5, 0.6) is 0 Å². The Labute approximate surface area is 210 Å². The van der Waals surface area contributed by atoms with Gasteiger partial charge < -0.3 is 14.4 Å². The summed E-state index contributed by atoms with van der Waals surface area (Å²) in [6, 6.07) is -2.21. The third kappa shape index (κ3) is 10.1. The van der Waals surface area contributed by atoms with E-state index in [9.17, 15) is 14.4 Å². The van der Waals surface area contributed by atoms with Gasteiger partial charge in [-0.15, -0.1) is 0 Å². The molecule has 0 aliphatic carbocycles. The Morgan fingerprint density at radius 3 is 2.30 bits per heavy atom. The number of hydrogen-bond acceptors (Lipinski definition) is 8. The molecule has 0 saturated carbocycles. The Bertz CT molecular complexity index is 651. The molecule has 1 rings (SSSR count). The standard InChI is InChI=1S/C24H44N2O5S2/c1-7-9-10-11-12-15-24(32,33)19(22(29)30-8-2)25-17(3)20(27)26-16-13-14-18(26)21(28)31-23(4,5)6/h17-19,25,32-33H,7-16H2,1-6H3/t17?,18-,19+/m0/s1. The molecule has 0 aromatic carbocycles. The molecule has 1 aliphatic rings. The summed E-state index contributed by atoms with van der Waals surface area (Å²) in [6.45, 7) is 11.7. The lowest BCUT2D eigenvalue weighted by Crippen LogP contribution is -2.58. The maximum Gasteiger partial charge on any atom is 0.329 e. The minimum absolute atomic E-state index is 0.223. The number of carbonyl (C=O) groups excluding carboxylic acids is 3. The Morgan fingerprint density at radius 1 is 1.09 bits per heavy atom. The quantitative estimate of drug-likeness (QED) is 0.151. The van der Waals surface area contributed by atoms with Gasteiger partial charge in [0, 0.05) is 6.54 Å². The fourth-order valence-corrected chi connectivity index (χ4v) is 4.64. The van der Waals surface area contributed by atoms with Gasteiger partial charge in [-0.2, -0.15) is 25.3 Å². The number of ether oxygens (including phenoxy) is 2. The van der Waals surface area contributed by atoms with Gasteiger partial charge in [-0.25, -0.2) is 4.79 Å². The molecule has 9 heteroatoms. The van der Waals surface area contributed by atoms with Crippen LogP contribution >= 0.6 is 25.3 Å². The van der Waals surface area contributed by atoms with Gasteiger partial charge in [0.05, 0.1) is 16.7 Å². The van der Waals surface area contributed by atoms with E-state index in [2.05, 4.69) is 12.2 Å². The van der Waals surface area contributed by atoms with Crippen molar-refractivity contribution in [2.75, 3.05) is 13.2 Å². The molecule has 1 saturated heterocycles. The predicted octanol–water partition coefficient (Wildman–Crippen LogP) is 4.15. The minimum Gasteiger partial charge on any atom is -0.465 e. The van der Waals surface area contributed by atoms with E-state index in [-0.39, 0.29) is 12.5 Å². The number of unbranched alkanes of at least 4 members (excludes halogenated alkanes) is 4. The SMILES string of the molecule is CCCCCCCC(S)(S)[C@H](NC(C)C(=O)N1CCC[C@H]1C(=O)OC(C)(C)C)C(=O)OCC. The van der Waals surface area contributed by atoms with E-state index in [4.69, 9.17) is 34.7 Å². The van der Waals surface area contributed by atoms with Gasteiger partial charge in [0.15, 0.2) is 0 Å². The van der Waals surface area contributed by atoms with Crippen LogP contribution < -0.4 is 5.32 Å². The zero-order valence-corrected chi connectivity index (χ0v) is 23.0. The molecule has 0 radical (unpaired) electrons. The van der Waals surface area contributed by atoms with Crippen molar-refractivity contribution < 1.29 is 23.9 Å². The number of amides is 1. The maximum absolute atomic E-state index is 13.3. The molecule has 0 aromatic rings. The largest absolute Gasteiger partial charge is 0.465 e. The van der Waals surface area contributed by atoms with E-state index < -0.39 is 39.7 Å². The monoisotopic (exact) mass is 504 g/mol. The van der Waals surface area contributed by atoms with E-state index in [1.54, 1.807) is 39.5 Å². The van der Waals surface area contributed by atoms with Crippen molar-refractivity contribution in [1.29, 1.82) is 0 Å². The maximum atomic E-state index is 13.3. The van der Waals surface area contributed by atoms with Crippen molar-refractivity contribution in [3.8, 4) is 0 Å². The average Bonchev–Trinajstić information content (AvgIpc) is 3.19. The molecule has 3 atom stereocenters. The molecular formula is C24H44N2O5S2. The summed E-state index contributed by atoms with van der Waals surface area (Å²) >= 11 is 9.38. The second kappa shape index (κ2) is 13.8. The first-order valence-electron chi connectivity index (χ1n) is 12.2. The summed E-state index contributed by atoms with van der Waals surface area (Å²) in [5.41, 5.74) is -0.623. The second-order valence-corrected chi connectivity index (χ2v) is 11.8. The van der Waals surface area contributed by atoms with Crippen LogP contribution in [0.4, 0.5) is 0 Å². The number of nitrogens with zero attached hydrogens (tertiary/aromatic N) is 1. The molecule has 0 bridgehead atoms. The van der Waals surface area contributed by atoms with Gasteiger partial charge in [0.1, 0.15) is 17.7 Å². The van der Waals surface area contributed by atoms with E-state index in [1.807, 2.05) is 0 Å². The molecule has 0 spiro atoms. The van der Waals surface area contributed by atoms with Crippen molar-refractivity contribution >= 4 is 43.1 Å². The van der Waals surface area contributed by atoms with Gasteiger partial charge in [-0.1, -0.05) is 39.0 Å². The summed E-state index contributed by atoms with van der Waals surface area (Å²) < 4.78 is 9.78. The van der Waals surface area contributed by atoms with Crippen LogP contribution in [0.1, 0.15) is 92.9 Å². The first-order valence-corrected chi connectivity index (χ1v) is 13.1. The highest BCUT2D eigenvalue weighted by Gasteiger charge is 2.43. The number of esters is 2. The van der Waals surface area contributed by atoms with Crippen molar-refractivity contribution in [3.63, 3.8) is 0 Å². The van der Waals surface area contributed by atoms with Crippen molar-refractivity contribution in [1.82, 2.24) is 10.2 Å². The van der Waals surface area contributed by atoms with Crippen molar-refractivity contribution in [3.05, 3.63) is 0 Å². The first kappa shape index (κ1) is 30.1. The molecule has 192 valence electrons. The third-order valence-corrected chi connectivity index (χ3v) is 6.60. The second-order valence-electron chi connectivity index (χ2n) is 9.84. The number of likely N-dealkylation sites (tertiary alicyclic amines) is 1. The topological polar surface area (TPSA) is 84.9 Å². The average molecular weight is 505 g/mol. The van der Waals surface area contributed by atoms with Crippen LogP contribution in [-0.4, -0.2) is 63.7 Å². The van der Waals surface area contributed by atoms with Crippen LogP contribution in [-0.2, 0) is 23.9 Å². The highest BCUT2D eigenvalue weighted by atomic mass is 32.2. The normalized spacial score (nSPS) is 18.7. The molecule has 33 heavy (non-hydrogen) atoms. The summed E-state index contributed by atoms with van der Waals surface area (Å²) in [4.78, 5) is 40.2. The summed E-state index contributed by atoms with van der Waals surface area (Å²) in [5.74, 6) is -1.13. The van der Waals surface area contributed by atoms with E-state index >= 15 is 0 Å². The minimum atomic E-state index is -0.984. The highest BCUT2D eigenvalue weighted by Crippen LogP contribution is 2.32. The summed E-state index contributed by atoms with van der Waals surface area (Å²) in [6.07, 6.45) is 7.24. The lowest BCUT2D eigenvalue weighted by Gasteiger charge is -2.35. The van der Waals surface area contributed by atoms with Crippen molar-refractivity contribution in [2.24, 2.45) is 0 Å². The third-order valence-electron chi connectivity index (χ3n) is 5.63. The fourth-order valence-electron chi connectivity index (χ4n) is 3.96. The predicted molar refractivity (Wildman–Crippen MR) is 138 cm³/mol. The summed E-state index contributed by atoms with van der Waals surface area (Å²) in [5, 5.41) is 3.11. The lowest BCUT2D eigenvalue weighted by atomic mass is 10.0. The van der Waals surface area contributed by atoms with Gasteiger partial charge in [-0.3, -0.25) is 14.9 Å². The van der Waals surface area contributed by atoms with E-state index in [1.165, 1.54) is 6.42 Å². The number of nitrogens with one attached hydrogen (secondary N) is 1. The van der Waals surface area contributed by atoms with Crippen LogP contribution in [0.2, 0.25) is 0 Å². The Morgan fingerprint density at radius 2 is 1.73 bits per heavy atom. The van der Waals surface area contributed by atoms with E-state index in [0.29, 0.717) is 19.4 Å². The molecule has 1 unspecified atom stereocenters. The molecule has 7 nitrogen and oxygen atoms in total. The molecule has 1 fully saturated rings. The molecular weight excluding hydrogens is 460 g/mol. The van der Waals surface area contributed by atoms with Gasteiger partial charge >= 0.3 is 11.9 Å². The molecule has 1 amide bonds. The zero-order chi connectivity index (χ0) is 25.2. The smallest absolute Gasteiger partial charge is 0.329 e. The number of thiol groups is 2. The van der Waals surface area contributed by atoms with Crippen LogP contribution in [0, 0.1) is 0 Å². The number of rotatable bonds is 13. The van der Waals surface area contributed by atoms with Gasteiger partial charge in [-0.05, 0) is 53.9 Å². The van der Waals surface area contributed by atoms with Gasteiger partial charge in [0.2, 0.25) is 5.91 Å². The Hall–Kier alpha value is -0.930. The summed E-state index contributed by atoms with van der Waals surface area (Å²) in [7, 11) is 0. The number of hydrogen-bond donors (Lipinski definition) is 3. The molecule has 0 aromatic heterocycles. The zero-order valence-electron chi connectivity index (χ0n) is 21.2. The molecule has 1 aliphatic heterocycles. The lowest BCUT2D eigenvalue weighted by molar-refractivity contribution is -0.163. The van der Waals surface area contributed by atoms with Gasteiger partial charge in [0.25, 0.3) is 0 Å².